The zero-order valence-electron chi connectivity index (χ0n) is 8.15. The van der Waals surface area contributed by atoms with Gasteiger partial charge in [-0.3, -0.25) is 4.57 Å². The maximum atomic E-state index is 11.4. The minimum atomic E-state index is -0.352. The number of nitrogens with zero attached hydrogens (tertiary/aromatic N) is 1. The number of hydrogen-bond acceptors (Lipinski definition) is 2. The van der Waals surface area contributed by atoms with Gasteiger partial charge in [0, 0.05) is 11.6 Å². The predicted molar refractivity (Wildman–Crippen MR) is 54.5 cm³/mol. The van der Waals surface area contributed by atoms with Gasteiger partial charge in [-0.2, -0.15) is 0 Å². The Morgan fingerprint density at radius 2 is 2.14 bits per heavy atom. The average molecular weight is 189 g/mol. The van der Waals surface area contributed by atoms with Gasteiger partial charge in [0.2, 0.25) is 0 Å². The van der Waals surface area contributed by atoms with E-state index in [0.717, 1.165) is 16.5 Å². The third kappa shape index (κ3) is 1.18. The Balaban J connectivity index is 2.73. The molecule has 0 atom stereocenters. The van der Waals surface area contributed by atoms with E-state index in [4.69, 9.17) is 0 Å². The van der Waals surface area contributed by atoms with Crippen molar-refractivity contribution in [2.45, 2.75) is 6.92 Å². The maximum Gasteiger partial charge on any atom is 0.418 e. The SMILES string of the molecule is COC(=O)n1ccc2cccc(C)c21. The van der Waals surface area contributed by atoms with Gasteiger partial charge in [0.25, 0.3) is 0 Å². The van der Waals surface area contributed by atoms with Crippen LogP contribution < -0.4 is 0 Å². The predicted octanol–water partition coefficient (Wildman–Crippen LogP) is 2.56. The number of carbonyl (C=O) groups excluding carboxylic acids is 1. The Morgan fingerprint density at radius 3 is 2.86 bits per heavy atom. The van der Waals surface area contributed by atoms with E-state index >= 15 is 0 Å². The van der Waals surface area contributed by atoms with Crippen molar-refractivity contribution in [1.29, 1.82) is 0 Å². The minimum absolute atomic E-state index is 0.352. The molecule has 0 N–H and O–H groups in total. The highest BCUT2D eigenvalue weighted by Crippen LogP contribution is 2.19. The van der Waals surface area contributed by atoms with E-state index in [2.05, 4.69) is 4.74 Å². The van der Waals surface area contributed by atoms with E-state index in [-0.39, 0.29) is 6.09 Å². The van der Waals surface area contributed by atoms with Gasteiger partial charge >= 0.3 is 6.09 Å². The van der Waals surface area contributed by atoms with Crippen LogP contribution in [0.1, 0.15) is 5.56 Å². The first kappa shape index (κ1) is 8.81. The van der Waals surface area contributed by atoms with Gasteiger partial charge in [-0.05, 0) is 18.6 Å². The molecule has 0 fully saturated rings. The number of rotatable bonds is 0. The number of fused-ring (bicyclic) bond motifs is 1. The lowest BCUT2D eigenvalue weighted by Crippen LogP contribution is -2.10. The van der Waals surface area contributed by atoms with Crippen LogP contribution in [0.5, 0.6) is 0 Å². The fraction of sp³-hybridized carbons (Fsp3) is 0.182. The Morgan fingerprint density at radius 1 is 1.36 bits per heavy atom. The summed E-state index contributed by atoms with van der Waals surface area (Å²) in [5, 5.41) is 1.05. The van der Waals surface area contributed by atoms with Gasteiger partial charge < -0.3 is 4.74 Å². The normalized spacial score (nSPS) is 10.4. The number of hydrogen-bond donors (Lipinski definition) is 0. The molecule has 0 spiro atoms. The van der Waals surface area contributed by atoms with Crippen molar-refractivity contribution >= 4 is 17.0 Å². The summed E-state index contributed by atoms with van der Waals surface area (Å²) in [6.45, 7) is 1.97. The zero-order chi connectivity index (χ0) is 10.1. The smallest absolute Gasteiger partial charge is 0.418 e. The second-order valence-electron chi connectivity index (χ2n) is 3.17. The highest BCUT2D eigenvalue weighted by atomic mass is 16.5. The fourth-order valence-corrected chi connectivity index (χ4v) is 1.63. The molecule has 0 saturated carbocycles. The molecular weight excluding hydrogens is 178 g/mol. The summed E-state index contributed by atoms with van der Waals surface area (Å²) in [4.78, 5) is 11.4. The van der Waals surface area contributed by atoms with Crippen molar-refractivity contribution in [2.75, 3.05) is 7.11 Å². The van der Waals surface area contributed by atoms with Crippen LogP contribution in [0.15, 0.2) is 30.5 Å². The first-order valence-electron chi connectivity index (χ1n) is 4.39. The van der Waals surface area contributed by atoms with Gasteiger partial charge in [-0.1, -0.05) is 18.2 Å². The Labute approximate surface area is 81.9 Å². The number of para-hydroxylation sites is 1. The van der Waals surface area contributed by atoms with Crippen LogP contribution in [-0.2, 0) is 4.74 Å². The second-order valence-corrected chi connectivity index (χ2v) is 3.17. The molecule has 1 aromatic heterocycles. The Hall–Kier alpha value is -1.77. The van der Waals surface area contributed by atoms with Gasteiger partial charge in [0.1, 0.15) is 0 Å². The number of benzene rings is 1. The molecule has 72 valence electrons. The molecule has 14 heavy (non-hydrogen) atoms. The van der Waals surface area contributed by atoms with Crippen molar-refractivity contribution in [3.8, 4) is 0 Å². The molecule has 0 amide bonds. The van der Waals surface area contributed by atoms with Crippen LogP contribution in [0, 0.1) is 6.92 Å². The molecule has 0 saturated heterocycles. The molecule has 0 aliphatic heterocycles. The Kier molecular flexibility index (Phi) is 2.00. The van der Waals surface area contributed by atoms with Crippen LogP contribution in [0.25, 0.3) is 10.9 Å². The lowest BCUT2D eigenvalue weighted by molar-refractivity contribution is 0.174. The molecule has 0 aliphatic rings. The minimum Gasteiger partial charge on any atom is -0.452 e. The monoisotopic (exact) mass is 189 g/mol. The first-order valence-corrected chi connectivity index (χ1v) is 4.39. The zero-order valence-corrected chi connectivity index (χ0v) is 8.15. The number of aryl methyl sites for hydroxylation is 1. The van der Waals surface area contributed by atoms with Gasteiger partial charge in [0.05, 0.1) is 12.6 Å². The number of methoxy groups -OCH3 is 1. The Bertz CT molecular complexity index is 485. The third-order valence-corrected chi connectivity index (χ3v) is 2.28. The van der Waals surface area contributed by atoms with E-state index in [9.17, 15) is 4.79 Å². The van der Waals surface area contributed by atoms with Crippen LogP contribution in [0.4, 0.5) is 4.79 Å². The summed E-state index contributed by atoms with van der Waals surface area (Å²) in [6, 6.07) is 7.82. The van der Waals surface area contributed by atoms with Crippen LogP contribution >= 0.6 is 0 Å². The molecule has 3 heteroatoms. The van der Waals surface area contributed by atoms with Gasteiger partial charge in [0.15, 0.2) is 0 Å². The van der Waals surface area contributed by atoms with Gasteiger partial charge in [-0.25, -0.2) is 4.79 Å². The summed E-state index contributed by atoms with van der Waals surface area (Å²) in [5.41, 5.74) is 1.98. The van der Waals surface area contributed by atoms with E-state index in [1.165, 1.54) is 11.7 Å². The van der Waals surface area contributed by atoms with Crippen molar-refractivity contribution < 1.29 is 9.53 Å². The molecule has 0 unspecified atom stereocenters. The van der Waals surface area contributed by atoms with Crippen molar-refractivity contribution in [3.05, 3.63) is 36.0 Å². The lowest BCUT2D eigenvalue weighted by atomic mass is 10.2. The van der Waals surface area contributed by atoms with E-state index < -0.39 is 0 Å². The van der Waals surface area contributed by atoms with E-state index in [1.807, 2.05) is 31.2 Å². The molecule has 2 aromatic rings. The summed E-state index contributed by atoms with van der Waals surface area (Å²) in [7, 11) is 1.38. The molecule has 1 heterocycles. The highest BCUT2D eigenvalue weighted by Gasteiger charge is 2.09. The van der Waals surface area contributed by atoms with Crippen LogP contribution in [0.3, 0.4) is 0 Å². The third-order valence-electron chi connectivity index (χ3n) is 2.28. The lowest BCUT2D eigenvalue weighted by Gasteiger charge is -2.03. The topological polar surface area (TPSA) is 31.2 Å². The summed E-state index contributed by atoms with van der Waals surface area (Å²) in [5.74, 6) is 0. The standard InChI is InChI=1S/C11H11NO2/c1-8-4-3-5-9-6-7-12(10(8)9)11(13)14-2/h3-7H,1-2H3. The summed E-state index contributed by atoms with van der Waals surface area (Å²) in [6.07, 6.45) is 1.37. The summed E-state index contributed by atoms with van der Waals surface area (Å²) >= 11 is 0. The molecule has 0 radical (unpaired) electrons. The molecule has 1 aromatic carbocycles. The number of carbonyl (C=O) groups is 1. The first-order chi connectivity index (χ1) is 6.74. The summed E-state index contributed by atoms with van der Waals surface area (Å²) < 4.78 is 6.20. The molecule has 0 bridgehead atoms. The second kappa shape index (κ2) is 3.18. The molecule has 2 rings (SSSR count). The van der Waals surface area contributed by atoms with Crippen LogP contribution in [0.2, 0.25) is 0 Å². The largest absolute Gasteiger partial charge is 0.452 e. The maximum absolute atomic E-state index is 11.4. The van der Waals surface area contributed by atoms with Crippen molar-refractivity contribution in [3.63, 3.8) is 0 Å². The average Bonchev–Trinajstić information content (AvgIpc) is 2.62. The number of aromatic nitrogens is 1. The number of ether oxygens (including phenoxy) is 1. The fourth-order valence-electron chi connectivity index (χ4n) is 1.63. The quantitative estimate of drug-likeness (QED) is 0.637. The van der Waals surface area contributed by atoms with Crippen molar-refractivity contribution in [1.82, 2.24) is 4.57 Å². The van der Waals surface area contributed by atoms with Gasteiger partial charge in [-0.15, -0.1) is 0 Å². The molecule has 3 nitrogen and oxygen atoms in total. The molecule has 0 aliphatic carbocycles. The van der Waals surface area contributed by atoms with Crippen LogP contribution in [-0.4, -0.2) is 17.8 Å². The van der Waals surface area contributed by atoms with Crippen molar-refractivity contribution in [2.24, 2.45) is 0 Å². The molecular formula is C11H11NO2. The highest BCUT2D eigenvalue weighted by molar-refractivity contribution is 5.91. The van der Waals surface area contributed by atoms with E-state index in [0.29, 0.717) is 0 Å². The van der Waals surface area contributed by atoms with E-state index in [1.54, 1.807) is 6.20 Å².